The molecule has 0 saturated heterocycles. The van der Waals surface area contributed by atoms with Crippen LogP contribution in [0, 0.1) is 0 Å². The number of nitrogens with two attached hydrogens (primary N) is 1. The Morgan fingerprint density at radius 1 is 1.35 bits per heavy atom. The normalized spacial score (nSPS) is 8.18. The van der Waals surface area contributed by atoms with Crippen LogP contribution in [0.5, 0.6) is 0 Å². The molecule has 0 aliphatic carbocycles. The van der Waals surface area contributed by atoms with Crippen molar-refractivity contribution in [1.29, 1.82) is 0 Å². The van der Waals surface area contributed by atoms with Crippen LogP contribution in [-0.2, 0) is 6.42 Å². The van der Waals surface area contributed by atoms with Gasteiger partial charge in [-0.3, -0.25) is 9.59 Å². The Morgan fingerprint density at radius 3 is 2.24 bits per heavy atom. The van der Waals surface area contributed by atoms with Gasteiger partial charge in [0.25, 0.3) is 10.5 Å². The van der Waals surface area contributed by atoms with E-state index in [4.69, 9.17) is 4.79 Å². The second-order valence-corrected chi connectivity index (χ2v) is 3.63. The van der Waals surface area contributed by atoms with E-state index in [1.165, 1.54) is 0 Å². The summed E-state index contributed by atoms with van der Waals surface area (Å²) in [6, 6.07) is 7.69. The first kappa shape index (κ1) is 18.8. The molecule has 1 rings (SSSR count). The van der Waals surface area contributed by atoms with Gasteiger partial charge in [-0.25, -0.2) is 0 Å². The first-order valence-corrected chi connectivity index (χ1v) is 5.43. The third kappa shape index (κ3) is 10.3. The number of benzene rings is 1. The van der Waals surface area contributed by atoms with Gasteiger partial charge >= 0.3 is 18.9 Å². The van der Waals surface area contributed by atoms with Crippen molar-refractivity contribution >= 4 is 41.4 Å². The van der Waals surface area contributed by atoms with Crippen molar-refractivity contribution in [2.75, 3.05) is 5.32 Å². The molecule has 0 saturated carbocycles. The molecule has 0 radical (unpaired) electrons. The summed E-state index contributed by atoms with van der Waals surface area (Å²) in [6.45, 7) is 2.05. The Kier molecular flexibility index (Phi) is 11.7. The molecule has 0 heterocycles. The van der Waals surface area contributed by atoms with Crippen LogP contribution in [0.1, 0.15) is 13.9 Å². The number of primary amides is 1. The summed E-state index contributed by atoms with van der Waals surface area (Å²) in [5.74, 6) is 0. The number of carbonyl (C=O) groups is 2. The Morgan fingerprint density at radius 2 is 1.82 bits per heavy atom. The number of hydrogen-bond donors (Lipinski definition) is 4. The van der Waals surface area contributed by atoms with Crippen molar-refractivity contribution in [1.82, 2.24) is 0 Å². The zero-order valence-corrected chi connectivity index (χ0v) is 11.6. The van der Waals surface area contributed by atoms with E-state index < -0.39 is 5.24 Å². The fourth-order valence-electron chi connectivity index (χ4n) is 1.07. The van der Waals surface area contributed by atoms with Gasteiger partial charge < -0.3 is 12.5 Å². The molecule has 0 atom stereocenters. The molecule has 0 bridgehead atoms. The van der Waals surface area contributed by atoms with Crippen molar-refractivity contribution in [3.63, 3.8) is 0 Å². The number of anilines is 1. The predicted molar refractivity (Wildman–Crippen MR) is 73.5 cm³/mol. The third-order valence-corrected chi connectivity index (χ3v) is 1.75. The Bertz CT molecular complexity index is 377. The molecule has 0 aliphatic rings. The quantitative estimate of drug-likeness (QED) is 0.443. The average Bonchev–Trinajstić information content (AvgIpc) is 2.17. The Balaban J connectivity index is -0.000000332. The maximum Gasteiger partial charge on any atom is 1.00 e. The van der Waals surface area contributed by atoms with Crippen LogP contribution in [0.4, 0.5) is 15.3 Å². The van der Waals surface area contributed by atoms with Crippen molar-refractivity contribution in [2.45, 2.75) is 13.3 Å². The maximum absolute atomic E-state index is 10.6. The van der Waals surface area contributed by atoms with Crippen LogP contribution in [0.25, 0.3) is 0 Å². The number of rotatable bonds is 2. The van der Waals surface area contributed by atoms with Crippen LogP contribution in [0.15, 0.2) is 24.3 Å². The molecule has 90 valence electrons. The average molecular weight is 266 g/mol. The fourth-order valence-corrected chi connectivity index (χ4v) is 1.19. The third-order valence-electron chi connectivity index (χ3n) is 1.64. The van der Waals surface area contributed by atoms with Gasteiger partial charge in [-0.2, -0.15) is 0 Å². The summed E-state index contributed by atoms with van der Waals surface area (Å²) in [4.78, 5) is 19.7. The van der Waals surface area contributed by atoms with Crippen molar-refractivity contribution in [3.8, 4) is 0 Å². The topological polar surface area (TPSA) is 72.2 Å². The zero-order chi connectivity index (χ0) is 12.6. The SMILES string of the molecule is CCc1ccccc1NC(=O)S.NC(=O)S.[H-].[Li+]. The molecule has 1 aromatic carbocycles. The van der Waals surface area contributed by atoms with E-state index in [1.54, 1.807) is 0 Å². The Hall–Kier alpha value is -0.543. The van der Waals surface area contributed by atoms with E-state index in [1.807, 2.05) is 31.2 Å². The molecule has 17 heavy (non-hydrogen) atoms. The van der Waals surface area contributed by atoms with Gasteiger partial charge in [-0.15, -0.1) is 0 Å². The molecule has 7 heteroatoms. The minimum Gasteiger partial charge on any atom is -1.00 e. The number of amides is 2. The summed E-state index contributed by atoms with van der Waals surface area (Å²) in [5.41, 5.74) is 6.31. The van der Waals surface area contributed by atoms with E-state index >= 15 is 0 Å². The number of nitrogens with one attached hydrogen (secondary N) is 1. The van der Waals surface area contributed by atoms with Gasteiger partial charge in [0.05, 0.1) is 0 Å². The summed E-state index contributed by atoms with van der Waals surface area (Å²) in [7, 11) is 0. The van der Waals surface area contributed by atoms with Crippen LogP contribution >= 0.6 is 25.3 Å². The second-order valence-electron chi connectivity index (χ2n) is 2.78. The number of aryl methyl sites for hydroxylation is 1. The van der Waals surface area contributed by atoms with Crippen molar-refractivity contribution in [3.05, 3.63) is 29.8 Å². The van der Waals surface area contributed by atoms with E-state index in [2.05, 4.69) is 36.3 Å². The van der Waals surface area contributed by atoms with Gasteiger partial charge in [0.2, 0.25) is 0 Å². The van der Waals surface area contributed by atoms with Gasteiger partial charge in [0, 0.05) is 5.69 Å². The smallest absolute Gasteiger partial charge is 1.00 e. The number of carbonyl (C=O) groups excluding carboxylic acids is 2. The van der Waals surface area contributed by atoms with Gasteiger partial charge in [-0.05, 0) is 18.1 Å². The largest absolute Gasteiger partial charge is 1.00 e. The summed E-state index contributed by atoms with van der Waals surface area (Å²) in [5, 5.41) is 1.69. The molecular formula is C10H15LiN2O2S2. The van der Waals surface area contributed by atoms with Crippen LogP contribution in [-0.4, -0.2) is 10.5 Å². The first-order chi connectivity index (χ1) is 7.47. The molecule has 0 aliphatic heterocycles. The molecule has 2 amide bonds. The molecule has 0 spiro atoms. The molecule has 0 aromatic heterocycles. The first-order valence-electron chi connectivity index (χ1n) is 4.53. The molecule has 1 aromatic rings. The molecular weight excluding hydrogens is 251 g/mol. The Labute approximate surface area is 125 Å². The minimum absolute atomic E-state index is 0. The molecule has 4 nitrogen and oxygen atoms in total. The number of thiol groups is 2. The van der Waals surface area contributed by atoms with Gasteiger partial charge in [-0.1, -0.05) is 50.4 Å². The summed E-state index contributed by atoms with van der Waals surface area (Å²) < 4.78 is 0. The van der Waals surface area contributed by atoms with Gasteiger partial charge in [0.15, 0.2) is 0 Å². The van der Waals surface area contributed by atoms with E-state index in [9.17, 15) is 4.79 Å². The molecule has 0 unspecified atom stereocenters. The summed E-state index contributed by atoms with van der Waals surface area (Å²) in [6.07, 6.45) is 0.907. The molecule has 0 fully saturated rings. The fraction of sp³-hybridized carbons (Fsp3) is 0.200. The monoisotopic (exact) mass is 266 g/mol. The number of para-hydroxylation sites is 1. The van der Waals surface area contributed by atoms with Crippen LogP contribution < -0.4 is 29.9 Å². The van der Waals surface area contributed by atoms with Crippen molar-refractivity contribution in [2.24, 2.45) is 5.73 Å². The summed E-state index contributed by atoms with van der Waals surface area (Å²) >= 11 is 6.75. The van der Waals surface area contributed by atoms with Crippen molar-refractivity contribution < 1.29 is 29.9 Å². The van der Waals surface area contributed by atoms with Crippen LogP contribution in [0.3, 0.4) is 0 Å². The van der Waals surface area contributed by atoms with Crippen LogP contribution in [0.2, 0.25) is 0 Å². The zero-order valence-electron chi connectivity index (χ0n) is 10.8. The molecule has 3 N–H and O–H groups in total. The second kappa shape index (κ2) is 10.6. The maximum atomic E-state index is 10.6. The standard InChI is InChI=1S/C9H11NOS.CH3NOS.Li.H/c1-2-7-5-3-4-6-8(7)10-9(11)12;2-1(3)4;;/h3-6H,2H2,1H3,(H2,10,11,12);(H3,2,3,4);;/q;;+1;-1. The minimum atomic E-state index is -0.639. The predicted octanol–water partition coefficient (Wildman–Crippen LogP) is -0.178. The van der Waals surface area contributed by atoms with E-state index in [0.29, 0.717) is 0 Å². The van der Waals surface area contributed by atoms with E-state index in [-0.39, 0.29) is 25.5 Å². The van der Waals surface area contributed by atoms with Gasteiger partial charge in [0.1, 0.15) is 0 Å². The number of hydrogen-bond acceptors (Lipinski definition) is 2. The van der Waals surface area contributed by atoms with E-state index in [0.717, 1.165) is 17.7 Å².